The fourth-order valence-corrected chi connectivity index (χ4v) is 4.65. The number of carbonyl (C=O) groups excluding carboxylic acids is 1. The van der Waals surface area contributed by atoms with E-state index in [0.29, 0.717) is 0 Å². The van der Waals surface area contributed by atoms with Crippen LogP contribution < -0.4 is 0 Å². The van der Waals surface area contributed by atoms with E-state index in [4.69, 9.17) is 0 Å². The van der Waals surface area contributed by atoms with Crippen LogP contribution in [0.1, 0.15) is 73.9 Å². The molecular weight excluding hydrogens is 378 g/mol. The van der Waals surface area contributed by atoms with Gasteiger partial charge in [-0.2, -0.15) is 0 Å². The smallest absolute Gasteiger partial charge is 0.193 e. The second-order valence-electron chi connectivity index (χ2n) is 8.54. The molecule has 0 fully saturated rings. The van der Waals surface area contributed by atoms with Crippen molar-refractivity contribution >= 4 is 27.6 Å². The molecule has 4 aromatic rings. The number of carbonyl (C=O) groups is 1. The van der Waals surface area contributed by atoms with E-state index in [0.717, 1.165) is 24.1 Å². The van der Waals surface area contributed by atoms with Gasteiger partial charge < -0.3 is 4.57 Å². The molecule has 0 unspecified atom stereocenters. The van der Waals surface area contributed by atoms with Gasteiger partial charge in [-0.05, 0) is 55.7 Å². The van der Waals surface area contributed by atoms with Gasteiger partial charge in [-0.1, -0.05) is 75.4 Å². The minimum absolute atomic E-state index is 0.0862. The van der Waals surface area contributed by atoms with Crippen molar-refractivity contribution in [2.24, 2.45) is 0 Å². The molecule has 0 saturated carbocycles. The lowest BCUT2D eigenvalue weighted by molar-refractivity contribution is 0.103. The SMILES string of the molecule is CCCCCCCCc1ccc2c(c1)c1cc(C(=O)c3ccccc3)ccc1n2CC. The quantitative estimate of drug-likeness (QED) is 0.192. The van der Waals surface area contributed by atoms with E-state index in [-0.39, 0.29) is 5.78 Å². The van der Waals surface area contributed by atoms with E-state index >= 15 is 0 Å². The van der Waals surface area contributed by atoms with Crippen LogP contribution >= 0.6 is 0 Å². The summed E-state index contributed by atoms with van der Waals surface area (Å²) in [6, 6.07) is 22.6. The molecule has 0 aliphatic rings. The molecule has 31 heavy (non-hydrogen) atoms. The van der Waals surface area contributed by atoms with E-state index in [2.05, 4.69) is 48.7 Å². The van der Waals surface area contributed by atoms with E-state index in [1.54, 1.807) is 0 Å². The van der Waals surface area contributed by atoms with E-state index in [1.165, 1.54) is 65.9 Å². The average molecular weight is 412 g/mol. The van der Waals surface area contributed by atoms with Crippen molar-refractivity contribution in [1.82, 2.24) is 4.57 Å². The maximum Gasteiger partial charge on any atom is 0.193 e. The fourth-order valence-electron chi connectivity index (χ4n) is 4.65. The molecule has 0 aliphatic carbocycles. The molecule has 0 bridgehead atoms. The van der Waals surface area contributed by atoms with Gasteiger partial charge in [0, 0.05) is 39.5 Å². The van der Waals surface area contributed by atoms with Crippen LogP contribution in [0.25, 0.3) is 21.8 Å². The monoisotopic (exact) mass is 411 g/mol. The zero-order chi connectivity index (χ0) is 21.6. The maximum atomic E-state index is 13.0. The maximum absolute atomic E-state index is 13.0. The highest BCUT2D eigenvalue weighted by molar-refractivity contribution is 6.14. The van der Waals surface area contributed by atoms with Crippen LogP contribution in [0.4, 0.5) is 0 Å². The van der Waals surface area contributed by atoms with Gasteiger partial charge in [-0.15, -0.1) is 0 Å². The van der Waals surface area contributed by atoms with Crippen molar-refractivity contribution in [3.8, 4) is 0 Å². The molecule has 3 aromatic carbocycles. The largest absolute Gasteiger partial charge is 0.341 e. The Hall–Kier alpha value is -2.87. The number of rotatable bonds is 10. The molecule has 0 amide bonds. The van der Waals surface area contributed by atoms with Crippen molar-refractivity contribution in [2.45, 2.75) is 65.3 Å². The number of aromatic nitrogens is 1. The van der Waals surface area contributed by atoms with Crippen LogP contribution in [0.2, 0.25) is 0 Å². The lowest BCUT2D eigenvalue weighted by Crippen LogP contribution is -2.01. The number of benzene rings is 3. The zero-order valence-electron chi connectivity index (χ0n) is 18.9. The highest BCUT2D eigenvalue weighted by Gasteiger charge is 2.14. The number of ketones is 1. The topological polar surface area (TPSA) is 22.0 Å². The Kier molecular flexibility index (Phi) is 6.86. The summed E-state index contributed by atoms with van der Waals surface area (Å²) in [6.07, 6.45) is 9.04. The molecule has 4 rings (SSSR count). The molecule has 0 atom stereocenters. The molecule has 0 saturated heterocycles. The predicted octanol–water partition coefficient (Wildman–Crippen LogP) is 7.95. The second-order valence-corrected chi connectivity index (χ2v) is 8.54. The van der Waals surface area contributed by atoms with Gasteiger partial charge in [0.15, 0.2) is 5.78 Å². The average Bonchev–Trinajstić information content (AvgIpc) is 3.13. The van der Waals surface area contributed by atoms with Gasteiger partial charge in [0.05, 0.1) is 0 Å². The normalized spacial score (nSPS) is 11.4. The highest BCUT2D eigenvalue weighted by atomic mass is 16.1. The Bertz CT molecular complexity index is 1170. The van der Waals surface area contributed by atoms with Crippen molar-refractivity contribution < 1.29 is 4.79 Å². The van der Waals surface area contributed by atoms with Gasteiger partial charge in [0.2, 0.25) is 0 Å². The summed E-state index contributed by atoms with van der Waals surface area (Å²) in [7, 11) is 0. The summed E-state index contributed by atoms with van der Waals surface area (Å²) in [4.78, 5) is 13.0. The minimum atomic E-state index is 0.0862. The molecule has 1 heterocycles. The van der Waals surface area contributed by atoms with Gasteiger partial charge in [-0.3, -0.25) is 4.79 Å². The number of hydrogen-bond donors (Lipinski definition) is 0. The van der Waals surface area contributed by atoms with Crippen LogP contribution in [-0.2, 0) is 13.0 Å². The summed E-state index contributed by atoms with van der Waals surface area (Å²) >= 11 is 0. The first-order chi connectivity index (χ1) is 15.2. The lowest BCUT2D eigenvalue weighted by atomic mass is 10.00. The van der Waals surface area contributed by atoms with Gasteiger partial charge in [-0.25, -0.2) is 0 Å². The van der Waals surface area contributed by atoms with E-state index < -0.39 is 0 Å². The molecule has 160 valence electrons. The number of unbranched alkanes of at least 4 members (excludes halogenated alkanes) is 5. The summed E-state index contributed by atoms with van der Waals surface area (Å²) < 4.78 is 2.36. The first kappa shape index (κ1) is 21.4. The third kappa shape index (κ3) is 4.58. The van der Waals surface area contributed by atoms with Crippen molar-refractivity contribution in [2.75, 3.05) is 0 Å². The van der Waals surface area contributed by atoms with Gasteiger partial charge >= 0.3 is 0 Å². The summed E-state index contributed by atoms with van der Waals surface area (Å²) in [5.74, 6) is 0.0862. The third-order valence-electron chi connectivity index (χ3n) is 6.36. The van der Waals surface area contributed by atoms with Gasteiger partial charge in [0.1, 0.15) is 0 Å². The minimum Gasteiger partial charge on any atom is -0.341 e. The molecular formula is C29H33NO. The lowest BCUT2D eigenvalue weighted by Gasteiger charge is -2.05. The first-order valence-electron chi connectivity index (χ1n) is 11.9. The standard InChI is InChI=1S/C29H33NO/c1-3-5-6-7-8-10-13-22-16-18-27-25(20-22)26-21-24(17-19-28(26)30(27)4-2)29(31)23-14-11-9-12-15-23/h9,11-12,14-21H,3-8,10,13H2,1-2H3. The Labute approximate surface area is 185 Å². The molecule has 0 aliphatic heterocycles. The zero-order valence-corrected chi connectivity index (χ0v) is 18.9. The Morgan fingerprint density at radius 3 is 2.13 bits per heavy atom. The van der Waals surface area contributed by atoms with Crippen LogP contribution in [0.5, 0.6) is 0 Å². The van der Waals surface area contributed by atoms with Gasteiger partial charge in [0.25, 0.3) is 0 Å². The molecule has 2 nitrogen and oxygen atoms in total. The molecule has 2 heteroatoms. The van der Waals surface area contributed by atoms with Crippen molar-refractivity contribution in [3.63, 3.8) is 0 Å². The first-order valence-corrected chi connectivity index (χ1v) is 11.9. The van der Waals surface area contributed by atoms with Crippen molar-refractivity contribution in [1.29, 1.82) is 0 Å². The Morgan fingerprint density at radius 1 is 0.710 bits per heavy atom. The predicted molar refractivity (Wildman–Crippen MR) is 132 cm³/mol. The molecule has 0 N–H and O–H groups in total. The van der Waals surface area contributed by atoms with E-state index in [1.807, 2.05) is 36.4 Å². The second kappa shape index (κ2) is 9.96. The third-order valence-corrected chi connectivity index (χ3v) is 6.36. The Balaban J connectivity index is 1.65. The van der Waals surface area contributed by atoms with Crippen LogP contribution in [0, 0.1) is 0 Å². The molecule has 0 radical (unpaired) electrons. The number of nitrogens with zero attached hydrogens (tertiary/aromatic N) is 1. The summed E-state index contributed by atoms with van der Waals surface area (Å²) in [6.45, 7) is 5.37. The molecule has 0 spiro atoms. The number of fused-ring (bicyclic) bond motifs is 3. The summed E-state index contributed by atoms with van der Waals surface area (Å²) in [5, 5.41) is 2.45. The highest BCUT2D eigenvalue weighted by Crippen LogP contribution is 2.31. The number of aryl methyl sites for hydroxylation is 2. The molecule has 1 aromatic heterocycles. The Morgan fingerprint density at radius 2 is 1.39 bits per heavy atom. The van der Waals surface area contributed by atoms with Crippen molar-refractivity contribution in [3.05, 3.63) is 83.4 Å². The van der Waals surface area contributed by atoms with Crippen LogP contribution in [-0.4, -0.2) is 10.4 Å². The fraction of sp³-hybridized carbons (Fsp3) is 0.345. The van der Waals surface area contributed by atoms with Crippen LogP contribution in [0.15, 0.2) is 66.7 Å². The number of hydrogen-bond acceptors (Lipinski definition) is 1. The summed E-state index contributed by atoms with van der Waals surface area (Å²) in [5.41, 5.74) is 5.37. The van der Waals surface area contributed by atoms with Crippen LogP contribution in [0.3, 0.4) is 0 Å². The van der Waals surface area contributed by atoms with E-state index in [9.17, 15) is 4.79 Å².